The molecule has 0 saturated heterocycles. The third-order valence-corrected chi connectivity index (χ3v) is 6.59. The Morgan fingerprint density at radius 1 is 0.704 bits per heavy atom. The lowest BCUT2D eigenvalue weighted by molar-refractivity contribution is 0.751. The molecule has 4 aliphatic carbocycles. The highest BCUT2D eigenvalue weighted by molar-refractivity contribution is 7.85. The molecular formula is C25H16S2. The zero-order valence-electron chi connectivity index (χ0n) is 14.5. The summed E-state index contributed by atoms with van der Waals surface area (Å²) in [6.07, 6.45) is 13.6. The SMILES string of the molecule is SC1=CC2(C=CC(S)=C3C2=Cc2ccccc23)C2=Cc3ccccc3C2=C1. The largest absolute Gasteiger partial charge is 0.144 e. The molecule has 1 spiro atoms. The lowest BCUT2D eigenvalue weighted by atomic mass is 9.65. The normalized spacial score (nSPS) is 23.9. The molecule has 0 amide bonds. The average Bonchev–Trinajstić information content (AvgIpc) is 3.25. The van der Waals surface area contributed by atoms with E-state index in [2.05, 4.69) is 85.0 Å². The van der Waals surface area contributed by atoms with Gasteiger partial charge in [-0.05, 0) is 57.2 Å². The van der Waals surface area contributed by atoms with Crippen molar-refractivity contribution >= 4 is 48.6 Å². The van der Waals surface area contributed by atoms with Crippen LogP contribution in [0.4, 0.5) is 0 Å². The Kier molecular flexibility index (Phi) is 3.07. The van der Waals surface area contributed by atoms with E-state index in [-0.39, 0.29) is 5.41 Å². The first-order chi connectivity index (χ1) is 13.2. The Balaban J connectivity index is 1.64. The number of thiol groups is 2. The number of benzene rings is 2. The quantitative estimate of drug-likeness (QED) is 0.473. The van der Waals surface area contributed by atoms with Crippen LogP contribution >= 0.6 is 25.3 Å². The van der Waals surface area contributed by atoms with Crippen LogP contribution in [-0.2, 0) is 0 Å². The number of fused-ring (bicyclic) bond motifs is 8. The summed E-state index contributed by atoms with van der Waals surface area (Å²) >= 11 is 9.60. The maximum absolute atomic E-state index is 4.81. The molecule has 2 heteroatoms. The molecule has 0 saturated carbocycles. The summed E-state index contributed by atoms with van der Waals surface area (Å²) in [5.41, 5.74) is 9.94. The molecule has 128 valence electrons. The van der Waals surface area contributed by atoms with E-state index in [0.29, 0.717) is 0 Å². The van der Waals surface area contributed by atoms with E-state index < -0.39 is 0 Å². The number of hydrogen-bond acceptors (Lipinski definition) is 2. The maximum Gasteiger partial charge on any atom is 0.0592 e. The van der Waals surface area contributed by atoms with Crippen LogP contribution in [0.1, 0.15) is 22.3 Å². The Hall–Kier alpha value is -2.42. The van der Waals surface area contributed by atoms with E-state index in [9.17, 15) is 0 Å². The van der Waals surface area contributed by atoms with Gasteiger partial charge in [0.05, 0.1) is 5.41 Å². The summed E-state index contributed by atoms with van der Waals surface area (Å²) in [4.78, 5) is 2.03. The predicted molar refractivity (Wildman–Crippen MR) is 121 cm³/mol. The van der Waals surface area contributed by atoms with Crippen molar-refractivity contribution in [2.75, 3.05) is 0 Å². The zero-order chi connectivity index (χ0) is 18.2. The van der Waals surface area contributed by atoms with Gasteiger partial charge in [-0.25, -0.2) is 0 Å². The summed E-state index contributed by atoms with van der Waals surface area (Å²) in [5, 5.41) is 0. The molecule has 0 aromatic heterocycles. The first-order valence-corrected chi connectivity index (χ1v) is 9.97. The third-order valence-electron chi connectivity index (χ3n) is 5.96. The van der Waals surface area contributed by atoms with Crippen LogP contribution in [0.2, 0.25) is 0 Å². The minimum Gasteiger partial charge on any atom is -0.144 e. The summed E-state index contributed by atoms with van der Waals surface area (Å²) in [6, 6.07) is 17.2. The van der Waals surface area contributed by atoms with Crippen molar-refractivity contribution in [1.29, 1.82) is 0 Å². The minimum absolute atomic E-state index is 0.305. The fraction of sp³-hybridized carbons (Fsp3) is 0.0400. The van der Waals surface area contributed by atoms with Crippen LogP contribution in [-0.4, -0.2) is 0 Å². The molecule has 2 aromatic carbocycles. The van der Waals surface area contributed by atoms with Gasteiger partial charge in [0, 0.05) is 15.4 Å². The summed E-state index contributed by atoms with van der Waals surface area (Å²) < 4.78 is 0. The van der Waals surface area contributed by atoms with Crippen molar-refractivity contribution < 1.29 is 0 Å². The average molecular weight is 381 g/mol. The Labute approximate surface area is 169 Å². The molecule has 0 bridgehead atoms. The maximum atomic E-state index is 4.81. The fourth-order valence-corrected chi connectivity index (χ4v) is 5.46. The Bertz CT molecular complexity index is 1230. The number of hydrogen-bond donors (Lipinski definition) is 2. The van der Waals surface area contributed by atoms with Crippen LogP contribution in [0.5, 0.6) is 0 Å². The monoisotopic (exact) mass is 380 g/mol. The highest BCUT2D eigenvalue weighted by Gasteiger charge is 2.45. The molecule has 6 rings (SSSR count). The number of rotatable bonds is 0. The van der Waals surface area contributed by atoms with Gasteiger partial charge in [-0.15, -0.1) is 25.3 Å². The molecule has 1 atom stereocenters. The van der Waals surface area contributed by atoms with Crippen LogP contribution in [0.3, 0.4) is 0 Å². The second-order valence-electron chi connectivity index (χ2n) is 7.38. The third kappa shape index (κ3) is 1.97. The van der Waals surface area contributed by atoms with Gasteiger partial charge in [-0.3, -0.25) is 0 Å². The van der Waals surface area contributed by atoms with Gasteiger partial charge in [0.25, 0.3) is 0 Å². The molecule has 0 aliphatic heterocycles. The van der Waals surface area contributed by atoms with Crippen molar-refractivity contribution in [2.24, 2.45) is 5.41 Å². The smallest absolute Gasteiger partial charge is 0.0592 e. The minimum atomic E-state index is -0.305. The highest BCUT2D eigenvalue weighted by Crippen LogP contribution is 2.60. The van der Waals surface area contributed by atoms with Gasteiger partial charge in [-0.2, -0.15) is 0 Å². The van der Waals surface area contributed by atoms with Crippen molar-refractivity contribution in [3.63, 3.8) is 0 Å². The highest BCUT2D eigenvalue weighted by atomic mass is 32.1. The predicted octanol–water partition coefficient (Wildman–Crippen LogP) is 6.59. The number of allylic oxidation sites excluding steroid dienone is 8. The molecule has 27 heavy (non-hydrogen) atoms. The fourth-order valence-electron chi connectivity index (χ4n) is 4.81. The van der Waals surface area contributed by atoms with E-state index in [1.54, 1.807) is 0 Å². The van der Waals surface area contributed by atoms with Crippen molar-refractivity contribution in [3.05, 3.63) is 116 Å². The molecule has 0 radical (unpaired) electrons. The van der Waals surface area contributed by atoms with Gasteiger partial charge in [0.2, 0.25) is 0 Å². The Morgan fingerprint density at radius 3 is 2.19 bits per heavy atom. The molecule has 0 N–H and O–H groups in total. The molecule has 1 unspecified atom stereocenters. The summed E-state index contributed by atoms with van der Waals surface area (Å²) in [5.74, 6) is 0. The van der Waals surface area contributed by atoms with Crippen molar-refractivity contribution in [2.45, 2.75) is 0 Å². The standard InChI is InChI=1S/C25H16S2/c26-17-13-20-18-7-3-1-5-15(18)11-21(20)25(14-17)10-9-23(27)24-19-8-4-2-6-16(19)12-22(24)25/h1-14,26-27H. The summed E-state index contributed by atoms with van der Waals surface area (Å²) in [6.45, 7) is 0. The van der Waals surface area contributed by atoms with Gasteiger partial charge in [0.15, 0.2) is 0 Å². The molecular weight excluding hydrogens is 364 g/mol. The lowest BCUT2D eigenvalue weighted by Crippen LogP contribution is -2.25. The van der Waals surface area contributed by atoms with Gasteiger partial charge < -0.3 is 0 Å². The van der Waals surface area contributed by atoms with E-state index in [1.165, 1.54) is 44.5 Å². The van der Waals surface area contributed by atoms with Gasteiger partial charge >= 0.3 is 0 Å². The van der Waals surface area contributed by atoms with E-state index >= 15 is 0 Å². The molecule has 4 aliphatic rings. The molecule has 0 nitrogen and oxygen atoms in total. The summed E-state index contributed by atoms with van der Waals surface area (Å²) in [7, 11) is 0. The molecule has 2 aromatic rings. The Morgan fingerprint density at radius 2 is 1.37 bits per heavy atom. The second kappa shape index (κ2) is 5.31. The lowest BCUT2D eigenvalue weighted by Gasteiger charge is -2.38. The zero-order valence-corrected chi connectivity index (χ0v) is 16.3. The van der Waals surface area contributed by atoms with Crippen LogP contribution in [0, 0.1) is 5.41 Å². The molecule has 0 fully saturated rings. The van der Waals surface area contributed by atoms with Crippen molar-refractivity contribution in [1.82, 2.24) is 0 Å². The van der Waals surface area contributed by atoms with Crippen LogP contribution < -0.4 is 0 Å². The van der Waals surface area contributed by atoms with E-state index in [4.69, 9.17) is 25.3 Å². The van der Waals surface area contributed by atoms with E-state index in [0.717, 1.165) is 9.81 Å². The topological polar surface area (TPSA) is 0 Å². The van der Waals surface area contributed by atoms with Gasteiger partial charge in [0.1, 0.15) is 0 Å². The first-order valence-electron chi connectivity index (χ1n) is 9.07. The van der Waals surface area contributed by atoms with Crippen molar-refractivity contribution in [3.8, 4) is 0 Å². The van der Waals surface area contributed by atoms with Gasteiger partial charge in [-0.1, -0.05) is 66.8 Å². The molecule has 0 heterocycles. The first kappa shape index (κ1) is 15.6. The van der Waals surface area contributed by atoms with Crippen LogP contribution in [0.15, 0.2) is 93.8 Å². The van der Waals surface area contributed by atoms with E-state index in [1.807, 2.05) is 0 Å². The van der Waals surface area contributed by atoms with Crippen LogP contribution in [0.25, 0.3) is 23.3 Å². The second-order valence-corrected chi connectivity index (χ2v) is 8.38.